The number of carbonyl (C=O) groups excluding carboxylic acids is 1. The molecule has 19 heavy (non-hydrogen) atoms. The van der Waals surface area contributed by atoms with Crippen LogP contribution in [0.2, 0.25) is 0 Å². The number of aryl methyl sites for hydroxylation is 1. The van der Waals surface area contributed by atoms with Gasteiger partial charge in [-0.05, 0) is 25.1 Å². The molecule has 1 heterocycles. The molecule has 0 aliphatic heterocycles. The average Bonchev–Trinajstić information content (AvgIpc) is 2.81. The zero-order chi connectivity index (χ0) is 13.8. The van der Waals surface area contributed by atoms with E-state index in [9.17, 15) is 4.79 Å². The summed E-state index contributed by atoms with van der Waals surface area (Å²) < 4.78 is 5.05. The molecule has 1 aromatic carbocycles. The van der Waals surface area contributed by atoms with Crippen molar-refractivity contribution in [3.8, 4) is 5.75 Å². The van der Waals surface area contributed by atoms with E-state index in [0.717, 1.165) is 9.88 Å². The van der Waals surface area contributed by atoms with Crippen molar-refractivity contribution in [3.63, 3.8) is 0 Å². The van der Waals surface area contributed by atoms with E-state index in [0.29, 0.717) is 23.5 Å². The number of amides is 1. The number of methoxy groups -OCH3 is 1. The Bertz CT molecular complexity index is 595. The minimum absolute atomic E-state index is 0.179. The van der Waals surface area contributed by atoms with E-state index in [1.807, 2.05) is 6.92 Å². The number of hydrogen-bond donors (Lipinski definition) is 2. The molecule has 1 aromatic heterocycles. The van der Waals surface area contributed by atoms with Crippen LogP contribution in [0.3, 0.4) is 0 Å². The van der Waals surface area contributed by atoms with Crippen LogP contribution in [0.5, 0.6) is 5.75 Å². The number of nitrogens with zero attached hydrogens (tertiary/aromatic N) is 1. The Morgan fingerprint density at radius 1 is 1.53 bits per heavy atom. The van der Waals surface area contributed by atoms with Crippen LogP contribution in [0.15, 0.2) is 24.4 Å². The third-order valence-electron chi connectivity index (χ3n) is 2.56. The molecule has 0 unspecified atom stereocenters. The molecule has 0 fully saturated rings. The maximum atomic E-state index is 11.9. The van der Waals surface area contributed by atoms with Crippen molar-refractivity contribution in [2.75, 3.05) is 12.8 Å². The Labute approximate surface area is 115 Å². The second-order valence-corrected chi connectivity index (χ2v) is 5.32. The van der Waals surface area contributed by atoms with Crippen LogP contribution in [-0.4, -0.2) is 18.0 Å². The Morgan fingerprint density at radius 3 is 2.89 bits per heavy atom. The first-order valence-corrected chi connectivity index (χ1v) is 6.55. The molecule has 1 amide bonds. The number of benzene rings is 1. The predicted molar refractivity (Wildman–Crippen MR) is 75.4 cm³/mol. The van der Waals surface area contributed by atoms with Gasteiger partial charge in [0.05, 0.1) is 19.3 Å². The van der Waals surface area contributed by atoms with Gasteiger partial charge < -0.3 is 15.8 Å². The van der Waals surface area contributed by atoms with Crippen molar-refractivity contribution in [2.45, 2.75) is 13.5 Å². The fraction of sp³-hybridized carbons (Fsp3) is 0.231. The van der Waals surface area contributed by atoms with Crippen LogP contribution in [0.25, 0.3) is 0 Å². The molecule has 0 bridgehead atoms. The van der Waals surface area contributed by atoms with Crippen molar-refractivity contribution >= 4 is 22.9 Å². The second kappa shape index (κ2) is 5.71. The number of thiazole rings is 1. The molecule has 2 aromatic rings. The SMILES string of the molecule is COc1ccc(C(=O)NCc2ncc(C)s2)cc1N. The quantitative estimate of drug-likeness (QED) is 0.838. The van der Waals surface area contributed by atoms with Crippen LogP contribution in [-0.2, 0) is 6.54 Å². The standard InChI is InChI=1S/C13H15N3O2S/c1-8-6-15-12(19-8)7-16-13(17)9-3-4-11(18-2)10(14)5-9/h3-6H,7,14H2,1-2H3,(H,16,17). The molecule has 0 spiro atoms. The van der Waals surface area contributed by atoms with Gasteiger partial charge in [0, 0.05) is 16.6 Å². The summed E-state index contributed by atoms with van der Waals surface area (Å²) >= 11 is 1.56. The summed E-state index contributed by atoms with van der Waals surface area (Å²) in [5.74, 6) is 0.384. The Balaban J connectivity index is 2.01. The Morgan fingerprint density at radius 2 is 2.32 bits per heavy atom. The van der Waals surface area contributed by atoms with E-state index in [2.05, 4.69) is 10.3 Å². The lowest BCUT2D eigenvalue weighted by atomic mass is 10.2. The van der Waals surface area contributed by atoms with Gasteiger partial charge in [-0.25, -0.2) is 4.98 Å². The fourth-order valence-corrected chi connectivity index (χ4v) is 2.34. The molecule has 5 nitrogen and oxygen atoms in total. The van der Waals surface area contributed by atoms with E-state index in [-0.39, 0.29) is 5.91 Å². The summed E-state index contributed by atoms with van der Waals surface area (Å²) in [6.45, 7) is 2.40. The molecule has 0 aliphatic rings. The highest BCUT2D eigenvalue weighted by atomic mass is 32.1. The summed E-state index contributed by atoms with van der Waals surface area (Å²) in [5, 5.41) is 3.69. The van der Waals surface area contributed by atoms with Gasteiger partial charge in [-0.2, -0.15) is 0 Å². The molecular formula is C13H15N3O2S. The van der Waals surface area contributed by atoms with Gasteiger partial charge in [0.1, 0.15) is 10.8 Å². The van der Waals surface area contributed by atoms with E-state index >= 15 is 0 Å². The Hall–Kier alpha value is -2.08. The van der Waals surface area contributed by atoms with Crippen LogP contribution >= 0.6 is 11.3 Å². The number of anilines is 1. The van der Waals surface area contributed by atoms with E-state index in [1.165, 1.54) is 7.11 Å². The highest BCUT2D eigenvalue weighted by molar-refractivity contribution is 7.11. The lowest BCUT2D eigenvalue weighted by molar-refractivity contribution is 0.0951. The van der Waals surface area contributed by atoms with Gasteiger partial charge in [-0.15, -0.1) is 11.3 Å². The van der Waals surface area contributed by atoms with Crippen molar-refractivity contribution < 1.29 is 9.53 Å². The molecule has 6 heteroatoms. The maximum Gasteiger partial charge on any atom is 0.251 e. The topological polar surface area (TPSA) is 77.2 Å². The Kier molecular flexibility index (Phi) is 4.01. The molecular weight excluding hydrogens is 262 g/mol. The van der Waals surface area contributed by atoms with Crippen molar-refractivity contribution in [2.24, 2.45) is 0 Å². The third-order valence-corrected chi connectivity index (χ3v) is 3.47. The van der Waals surface area contributed by atoms with Crippen molar-refractivity contribution in [1.82, 2.24) is 10.3 Å². The molecule has 0 aliphatic carbocycles. The number of nitrogens with one attached hydrogen (secondary N) is 1. The average molecular weight is 277 g/mol. The predicted octanol–water partition coefficient (Wildman–Crippen LogP) is 1.97. The normalized spacial score (nSPS) is 10.2. The molecule has 0 atom stereocenters. The van der Waals surface area contributed by atoms with Crippen molar-refractivity contribution in [1.29, 1.82) is 0 Å². The zero-order valence-electron chi connectivity index (χ0n) is 10.8. The lowest BCUT2D eigenvalue weighted by Gasteiger charge is -2.07. The lowest BCUT2D eigenvalue weighted by Crippen LogP contribution is -2.22. The summed E-state index contributed by atoms with van der Waals surface area (Å²) in [7, 11) is 1.54. The highest BCUT2D eigenvalue weighted by Gasteiger charge is 2.09. The summed E-state index contributed by atoms with van der Waals surface area (Å²) in [5.41, 5.74) is 6.72. The van der Waals surface area contributed by atoms with Gasteiger partial charge in [-0.3, -0.25) is 4.79 Å². The molecule has 2 rings (SSSR count). The third kappa shape index (κ3) is 3.23. The second-order valence-electron chi connectivity index (χ2n) is 4.00. The number of nitrogen functional groups attached to an aromatic ring is 1. The van der Waals surface area contributed by atoms with E-state index in [1.54, 1.807) is 35.7 Å². The van der Waals surface area contributed by atoms with E-state index in [4.69, 9.17) is 10.5 Å². The van der Waals surface area contributed by atoms with Crippen molar-refractivity contribution in [3.05, 3.63) is 39.8 Å². The minimum atomic E-state index is -0.179. The molecule has 0 radical (unpaired) electrons. The number of hydrogen-bond acceptors (Lipinski definition) is 5. The fourth-order valence-electron chi connectivity index (χ4n) is 1.62. The largest absolute Gasteiger partial charge is 0.495 e. The number of ether oxygens (including phenoxy) is 1. The van der Waals surface area contributed by atoms with Gasteiger partial charge in [-0.1, -0.05) is 0 Å². The molecule has 3 N–H and O–H groups in total. The number of nitrogens with two attached hydrogens (primary N) is 1. The molecule has 100 valence electrons. The summed E-state index contributed by atoms with van der Waals surface area (Å²) in [6, 6.07) is 4.96. The summed E-state index contributed by atoms with van der Waals surface area (Å²) in [4.78, 5) is 17.3. The smallest absolute Gasteiger partial charge is 0.251 e. The van der Waals surface area contributed by atoms with Gasteiger partial charge >= 0.3 is 0 Å². The first kappa shape index (κ1) is 13.4. The number of rotatable bonds is 4. The van der Waals surface area contributed by atoms with E-state index < -0.39 is 0 Å². The summed E-state index contributed by atoms with van der Waals surface area (Å²) in [6.07, 6.45) is 1.79. The zero-order valence-corrected chi connectivity index (χ0v) is 11.6. The van der Waals surface area contributed by atoms with Gasteiger partial charge in [0.25, 0.3) is 5.91 Å². The number of carbonyl (C=O) groups is 1. The highest BCUT2D eigenvalue weighted by Crippen LogP contribution is 2.21. The maximum absolute atomic E-state index is 11.9. The van der Waals surface area contributed by atoms with Crippen LogP contribution in [0.4, 0.5) is 5.69 Å². The monoisotopic (exact) mass is 277 g/mol. The number of aromatic nitrogens is 1. The first-order valence-electron chi connectivity index (χ1n) is 5.73. The van der Waals surface area contributed by atoms with Crippen LogP contribution in [0, 0.1) is 6.92 Å². The molecule has 0 saturated carbocycles. The molecule has 0 saturated heterocycles. The first-order chi connectivity index (χ1) is 9.10. The minimum Gasteiger partial charge on any atom is -0.495 e. The van der Waals surface area contributed by atoms with Crippen LogP contribution < -0.4 is 15.8 Å². The van der Waals surface area contributed by atoms with Gasteiger partial charge in [0.15, 0.2) is 0 Å². The van der Waals surface area contributed by atoms with Crippen LogP contribution in [0.1, 0.15) is 20.2 Å². The van der Waals surface area contributed by atoms with Gasteiger partial charge in [0.2, 0.25) is 0 Å².